The van der Waals surface area contributed by atoms with Crippen LogP contribution in [0.25, 0.3) is 0 Å². The van der Waals surface area contributed by atoms with Crippen LogP contribution in [-0.2, 0) is 17.9 Å². The SMILES string of the molecule is COCc1cc(CNCCN2CCCC2)no1. The molecule has 0 atom stereocenters. The molecule has 0 saturated carbocycles. The number of nitrogens with zero attached hydrogens (tertiary/aromatic N) is 2. The molecule has 1 aromatic heterocycles. The molecule has 1 saturated heterocycles. The Balaban J connectivity index is 1.60. The molecule has 2 heterocycles. The molecule has 96 valence electrons. The maximum atomic E-state index is 5.11. The largest absolute Gasteiger partial charge is 0.377 e. The number of hydrogen-bond donors (Lipinski definition) is 1. The third kappa shape index (κ3) is 4.11. The highest BCUT2D eigenvalue weighted by atomic mass is 16.5. The van der Waals surface area contributed by atoms with Gasteiger partial charge in [0.1, 0.15) is 6.61 Å². The van der Waals surface area contributed by atoms with E-state index in [1.54, 1.807) is 7.11 Å². The first-order valence-corrected chi connectivity index (χ1v) is 6.25. The zero-order valence-corrected chi connectivity index (χ0v) is 10.4. The summed E-state index contributed by atoms with van der Waals surface area (Å²) in [5, 5.41) is 7.35. The van der Waals surface area contributed by atoms with Gasteiger partial charge in [0, 0.05) is 32.8 Å². The first kappa shape index (κ1) is 12.5. The Morgan fingerprint density at radius 2 is 2.29 bits per heavy atom. The Morgan fingerprint density at radius 1 is 1.47 bits per heavy atom. The molecule has 0 radical (unpaired) electrons. The van der Waals surface area contributed by atoms with Crippen molar-refractivity contribution in [3.8, 4) is 0 Å². The van der Waals surface area contributed by atoms with Gasteiger partial charge < -0.3 is 19.5 Å². The summed E-state index contributed by atoms with van der Waals surface area (Å²) in [4.78, 5) is 2.49. The maximum absolute atomic E-state index is 5.11. The van der Waals surface area contributed by atoms with Gasteiger partial charge in [-0.3, -0.25) is 0 Å². The van der Waals surface area contributed by atoms with Crippen molar-refractivity contribution in [3.63, 3.8) is 0 Å². The van der Waals surface area contributed by atoms with Gasteiger partial charge in [-0.25, -0.2) is 0 Å². The fourth-order valence-corrected chi connectivity index (χ4v) is 2.11. The van der Waals surface area contributed by atoms with E-state index in [1.807, 2.05) is 6.07 Å². The number of nitrogens with one attached hydrogen (secondary N) is 1. The summed E-state index contributed by atoms with van der Waals surface area (Å²) in [6.07, 6.45) is 2.70. The fourth-order valence-electron chi connectivity index (χ4n) is 2.11. The molecule has 1 aliphatic rings. The predicted octanol–water partition coefficient (Wildman–Crippen LogP) is 1.01. The quantitative estimate of drug-likeness (QED) is 0.720. The molecule has 0 amide bonds. The lowest BCUT2D eigenvalue weighted by atomic mass is 10.3. The summed E-state index contributed by atoms with van der Waals surface area (Å²) >= 11 is 0. The number of aromatic nitrogens is 1. The molecule has 1 aromatic rings. The molecule has 1 aliphatic heterocycles. The molecule has 5 heteroatoms. The molecule has 1 fully saturated rings. The van der Waals surface area contributed by atoms with Gasteiger partial charge >= 0.3 is 0 Å². The molecule has 1 N–H and O–H groups in total. The van der Waals surface area contributed by atoms with E-state index in [0.29, 0.717) is 6.61 Å². The van der Waals surface area contributed by atoms with Gasteiger partial charge in [0.15, 0.2) is 5.76 Å². The minimum absolute atomic E-state index is 0.487. The lowest BCUT2D eigenvalue weighted by molar-refractivity contribution is 0.155. The van der Waals surface area contributed by atoms with Crippen molar-refractivity contribution in [2.75, 3.05) is 33.3 Å². The fraction of sp³-hybridized carbons (Fsp3) is 0.750. The van der Waals surface area contributed by atoms with E-state index < -0.39 is 0 Å². The van der Waals surface area contributed by atoms with Crippen LogP contribution in [0.5, 0.6) is 0 Å². The monoisotopic (exact) mass is 239 g/mol. The van der Waals surface area contributed by atoms with Crippen LogP contribution in [0, 0.1) is 0 Å². The molecule has 5 nitrogen and oxygen atoms in total. The van der Waals surface area contributed by atoms with Crippen molar-refractivity contribution in [3.05, 3.63) is 17.5 Å². The van der Waals surface area contributed by atoms with Gasteiger partial charge in [-0.05, 0) is 25.9 Å². The zero-order chi connectivity index (χ0) is 11.9. The zero-order valence-electron chi connectivity index (χ0n) is 10.4. The lowest BCUT2D eigenvalue weighted by Gasteiger charge is -2.14. The second-order valence-corrected chi connectivity index (χ2v) is 4.44. The van der Waals surface area contributed by atoms with Crippen LogP contribution in [-0.4, -0.2) is 43.3 Å². The van der Waals surface area contributed by atoms with Gasteiger partial charge in [0.2, 0.25) is 0 Å². The Labute approximate surface area is 102 Å². The summed E-state index contributed by atoms with van der Waals surface area (Å²) in [5.74, 6) is 0.781. The van der Waals surface area contributed by atoms with Gasteiger partial charge in [0.25, 0.3) is 0 Å². The van der Waals surface area contributed by atoms with E-state index in [4.69, 9.17) is 9.26 Å². The van der Waals surface area contributed by atoms with Crippen molar-refractivity contribution < 1.29 is 9.26 Å². The Hall–Kier alpha value is -0.910. The molecule has 0 bridgehead atoms. The van der Waals surface area contributed by atoms with Gasteiger partial charge in [-0.2, -0.15) is 0 Å². The number of likely N-dealkylation sites (tertiary alicyclic amines) is 1. The highest BCUT2D eigenvalue weighted by molar-refractivity contribution is 5.04. The van der Waals surface area contributed by atoms with E-state index in [2.05, 4.69) is 15.4 Å². The topological polar surface area (TPSA) is 50.5 Å². The normalized spacial score (nSPS) is 16.8. The summed E-state index contributed by atoms with van der Waals surface area (Å²) in [5.41, 5.74) is 0.943. The van der Waals surface area contributed by atoms with E-state index in [-0.39, 0.29) is 0 Å². The van der Waals surface area contributed by atoms with Crippen molar-refractivity contribution in [1.29, 1.82) is 0 Å². The van der Waals surface area contributed by atoms with Crippen molar-refractivity contribution in [2.24, 2.45) is 0 Å². The summed E-state index contributed by atoms with van der Waals surface area (Å²) < 4.78 is 10.1. The van der Waals surface area contributed by atoms with Crippen LogP contribution < -0.4 is 5.32 Å². The summed E-state index contributed by atoms with van der Waals surface area (Å²) in [6, 6.07) is 1.94. The van der Waals surface area contributed by atoms with E-state index in [9.17, 15) is 0 Å². The average molecular weight is 239 g/mol. The maximum Gasteiger partial charge on any atom is 0.162 e. The van der Waals surface area contributed by atoms with Gasteiger partial charge in [-0.15, -0.1) is 0 Å². The minimum Gasteiger partial charge on any atom is -0.377 e. The van der Waals surface area contributed by atoms with Crippen LogP contribution in [0.1, 0.15) is 24.3 Å². The number of hydrogen-bond acceptors (Lipinski definition) is 5. The smallest absolute Gasteiger partial charge is 0.162 e. The van der Waals surface area contributed by atoms with E-state index in [0.717, 1.165) is 31.1 Å². The third-order valence-corrected chi connectivity index (χ3v) is 3.00. The van der Waals surface area contributed by atoms with Crippen molar-refractivity contribution in [1.82, 2.24) is 15.4 Å². The van der Waals surface area contributed by atoms with Gasteiger partial charge in [-0.1, -0.05) is 5.16 Å². The predicted molar refractivity (Wildman–Crippen MR) is 64.6 cm³/mol. The standard InChI is InChI=1S/C12H21N3O2/c1-16-10-12-8-11(14-17-12)9-13-4-7-15-5-2-3-6-15/h8,13H,2-7,9-10H2,1H3. The molecule has 0 aliphatic carbocycles. The van der Waals surface area contributed by atoms with E-state index in [1.165, 1.54) is 25.9 Å². The first-order valence-electron chi connectivity index (χ1n) is 6.25. The van der Waals surface area contributed by atoms with Crippen molar-refractivity contribution >= 4 is 0 Å². The van der Waals surface area contributed by atoms with Crippen LogP contribution in [0.15, 0.2) is 10.6 Å². The molecular weight excluding hydrogens is 218 g/mol. The summed E-state index contributed by atoms with van der Waals surface area (Å²) in [7, 11) is 1.65. The van der Waals surface area contributed by atoms with Crippen LogP contribution in [0.2, 0.25) is 0 Å². The molecule has 17 heavy (non-hydrogen) atoms. The van der Waals surface area contributed by atoms with E-state index >= 15 is 0 Å². The number of rotatable bonds is 7. The molecule has 0 aromatic carbocycles. The third-order valence-electron chi connectivity index (χ3n) is 3.00. The molecule has 0 spiro atoms. The second-order valence-electron chi connectivity index (χ2n) is 4.44. The Morgan fingerprint density at radius 3 is 3.06 bits per heavy atom. The highest BCUT2D eigenvalue weighted by Crippen LogP contribution is 2.06. The molecular formula is C12H21N3O2. The van der Waals surface area contributed by atoms with Crippen molar-refractivity contribution in [2.45, 2.75) is 26.0 Å². The lowest BCUT2D eigenvalue weighted by Crippen LogP contribution is -2.29. The van der Waals surface area contributed by atoms with Crippen LogP contribution in [0.3, 0.4) is 0 Å². The average Bonchev–Trinajstić information content (AvgIpc) is 2.96. The van der Waals surface area contributed by atoms with Crippen LogP contribution >= 0.6 is 0 Å². The highest BCUT2D eigenvalue weighted by Gasteiger charge is 2.10. The summed E-state index contributed by atoms with van der Waals surface area (Å²) in [6.45, 7) is 5.89. The Kier molecular flexibility index (Phi) is 4.97. The minimum atomic E-state index is 0.487. The number of ether oxygens (including phenoxy) is 1. The molecule has 2 rings (SSSR count). The Bertz CT molecular complexity index is 321. The first-order chi connectivity index (χ1) is 8.38. The van der Waals surface area contributed by atoms with Crippen LogP contribution in [0.4, 0.5) is 0 Å². The molecule has 0 unspecified atom stereocenters. The van der Waals surface area contributed by atoms with Gasteiger partial charge in [0.05, 0.1) is 5.69 Å². The number of methoxy groups -OCH3 is 1. The second kappa shape index (κ2) is 6.74.